The maximum Gasteiger partial charge on any atom is 0.343 e. The van der Waals surface area contributed by atoms with E-state index in [-0.39, 0.29) is 0 Å². The molecule has 0 bridgehead atoms. The molecule has 0 unspecified atom stereocenters. The highest BCUT2D eigenvalue weighted by Gasteiger charge is 2.15. The van der Waals surface area contributed by atoms with Gasteiger partial charge in [0, 0.05) is 5.69 Å². The van der Waals surface area contributed by atoms with Crippen molar-refractivity contribution in [1.29, 1.82) is 0 Å². The number of methoxy groups -OCH3 is 1. The summed E-state index contributed by atoms with van der Waals surface area (Å²) in [5.74, 6) is -1.32. The lowest BCUT2D eigenvalue weighted by Gasteiger charge is -2.10. The molecule has 0 aliphatic heterocycles. The zero-order valence-electron chi connectivity index (χ0n) is 18.4. The Kier molecular flexibility index (Phi) is 7.54. The van der Waals surface area contributed by atoms with Crippen LogP contribution in [0.3, 0.4) is 0 Å². The predicted octanol–water partition coefficient (Wildman–Crippen LogP) is 3.62. The van der Waals surface area contributed by atoms with E-state index in [4.69, 9.17) is 9.47 Å². The Hall–Kier alpha value is -4.46. The number of hydrazone groups is 1. The smallest absolute Gasteiger partial charge is 0.343 e. The Morgan fingerprint density at radius 3 is 2.18 bits per heavy atom. The molecule has 0 saturated heterocycles. The third kappa shape index (κ3) is 6.27. The summed E-state index contributed by atoms with van der Waals surface area (Å²) in [7, 11) is 1.52. The van der Waals surface area contributed by atoms with Gasteiger partial charge in [-0.25, -0.2) is 10.2 Å². The molecule has 3 aromatic carbocycles. The lowest BCUT2D eigenvalue weighted by Crippen LogP contribution is -2.32. The highest BCUT2D eigenvalue weighted by atomic mass is 16.5. The van der Waals surface area contributed by atoms with E-state index in [9.17, 15) is 14.4 Å². The number of hydrogen-bond acceptors (Lipinski definition) is 6. The Morgan fingerprint density at radius 2 is 1.52 bits per heavy atom. The number of anilines is 1. The average Bonchev–Trinajstić information content (AvgIpc) is 2.82. The first kappa shape index (κ1) is 23.2. The lowest BCUT2D eigenvalue weighted by atomic mass is 10.1. The summed E-state index contributed by atoms with van der Waals surface area (Å²) in [6.45, 7) is 3.69. The second kappa shape index (κ2) is 10.7. The molecule has 0 saturated carbocycles. The maximum atomic E-state index is 12.3. The van der Waals surface area contributed by atoms with Gasteiger partial charge in [0.1, 0.15) is 11.5 Å². The molecule has 2 N–H and O–H groups in total. The summed E-state index contributed by atoms with van der Waals surface area (Å²) < 4.78 is 10.4. The van der Waals surface area contributed by atoms with Crippen molar-refractivity contribution in [3.05, 3.63) is 89.0 Å². The average molecular weight is 445 g/mol. The van der Waals surface area contributed by atoms with Gasteiger partial charge < -0.3 is 14.8 Å². The molecule has 8 heteroatoms. The van der Waals surface area contributed by atoms with Gasteiger partial charge in [0.05, 0.1) is 18.9 Å². The number of rotatable bonds is 6. The van der Waals surface area contributed by atoms with Gasteiger partial charge in [0.25, 0.3) is 0 Å². The molecule has 8 nitrogen and oxygen atoms in total. The number of carbonyl (C=O) groups excluding carboxylic acids is 3. The fraction of sp³-hybridized carbons (Fsp3) is 0.120. The number of carbonyl (C=O) groups is 3. The van der Waals surface area contributed by atoms with Crippen molar-refractivity contribution in [3.63, 3.8) is 0 Å². The highest BCUT2D eigenvalue weighted by molar-refractivity contribution is 6.39. The van der Waals surface area contributed by atoms with Crippen molar-refractivity contribution in [3.8, 4) is 11.5 Å². The van der Waals surface area contributed by atoms with Crippen molar-refractivity contribution in [2.75, 3.05) is 12.4 Å². The van der Waals surface area contributed by atoms with E-state index in [1.54, 1.807) is 48.5 Å². The molecular weight excluding hydrogens is 422 g/mol. The van der Waals surface area contributed by atoms with Crippen LogP contribution in [0.2, 0.25) is 0 Å². The summed E-state index contributed by atoms with van der Waals surface area (Å²) in [6.07, 6.45) is 1.37. The molecule has 0 aliphatic carbocycles. The topological polar surface area (TPSA) is 106 Å². The molecule has 0 heterocycles. The fourth-order valence-corrected chi connectivity index (χ4v) is 2.94. The standard InChI is InChI=1S/C25H23N3O5/c1-16-6-4-7-17(2)22(16)27-23(29)24(30)28-26-15-18-10-12-20(13-11-18)33-25(31)19-8-5-9-21(14-19)32-3/h4-15H,1-3H3,(H,27,29)(H,28,30). The third-order valence-corrected chi connectivity index (χ3v) is 4.70. The van der Waals surface area contributed by atoms with E-state index >= 15 is 0 Å². The zero-order chi connectivity index (χ0) is 23.8. The number of benzene rings is 3. The van der Waals surface area contributed by atoms with E-state index < -0.39 is 17.8 Å². The van der Waals surface area contributed by atoms with Gasteiger partial charge in [0.2, 0.25) is 0 Å². The number of amides is 2. The number of esters is 1. The Balaban J connectivity index is 1.54. The quantitative estimate of drug-likeness (QED) is 0.198. The van der Waals surface area contributed by atoms with Gasteiger partial charge in [-0.2, -0.15) is 5.10 Å². The second-order valence-corrected chi connectivity index (χ2v) is 7.11. The van der Waals surface area contributed by atoms with Gasteiger partial charge in [0.15, 0.2) is 0 Å². The van der Waals surface area contributed by atoms with E-state index in [2.05, 4.69) is 15.8 Å². The maximum absolute atomic E-state index is 12.3. The molecule has 0 atom stereocenters. The van der Waals surface area contributed by atoms with E-state index in [0.717, 1.165) is 11.1 Å². The van der Waals surface area contributed by atoms with Crippen LogP contribution in [-0.2, 0) is 9.59 Å². The summed E-state index contributed by atoms with van der Waals surface area (Å²) in [4.78, 5) is 36.4. The molecule has 0 radical (unpaired) electrons. The van der Waals surface area contributed by atoms with Gasteiger partial charge in [-0.1, -0.05) is 24.3 Å². The van der Waals surface area contributed by atoms with Crippen molar-refractivity contribution < 1.29 is 23.9 Å². The molecule has 3 aromatic rings. The van der Waals surface area contributed by atoms with Crippen LogP contribution < -0.4 is 20.2 Å². The van der Waals surface area contributed by atoms with Crippen LogP contribution in [0.25, 0.3) is 0 Å². The lowest BCUT2D eigenvalue weighted by molar-refractivity contribution is -0.136. The molecule has 0 aromatic heterocycles. The Bertz CT molecular complexity index is 1180. The van der Waals surface area contributed by atoms with Crippen LogP contribution >= 0.6 is 0 Å². The number of hydrogen-bond donors (Lipinski definition) is 2. The minimum absolute atomic E-state index is 0.344. The number of para-hydroxylation sites is 1. The SMILES string of the molecule is COc1cccc(C(=O)Oc2ccc(C=NNC(=O)C(=O)Nc3c(C)cccc3C)cc2)c1. The van der Waals surface area contributed by atoms with Crippen molar-refractivity contribution in [1.82, 2.24) is 5.43 Å². The highest BCUT2D eigenvalue weighted by Crippen LogP contribution is 2.19. The number of nitrogens with one attached hydrogen (secondary N) is 2. The van der Waals surface area contributed by atoms with Crippen LogP contribution in [0, 0.1) is 13.8 Å². The van der Waals surface area contributed by atoms with Gasteiger partial charge in [-0.05, 0) is 73.0 Å². The first-order chi connectivity index (χ1) is 15.9. The summed E-state index contributed by atoms with van der Waals surface area (Å²) in [6, 6.07) is 18.7. The van der Waals surface area contributed by atoms with Crippen LogP contribution in [-0.4, -0.2) is 31.1 Å². The van der Waals surface area contributed by atoms with Gasteiger partial charge >= 0.3 is 17.8 Å². The molecule has 0 spiro atoms. The minimum atomic E-state index is -0.891. The zero-order valence-corrected chi connectivity index (χ0v) is 18.4. The Morgan fingerprint density at radius 1 is 0.848 bits per heavy atom. The summed E-state index contributed by atoms with van der Waals surface area (Å²) in [5, 5.41) is 6.39. The number of aryl methyl sites for hydroxylation is 2. The molecule has 3 rings (SSSR count). The molecule has 2 amide bonds. The third-order valence-electron chi connectivity index (χ3n) is 4.70. The van der Waals surface area contributed by atoms with Crippen LogP contribution in [0.1, 0.15) is 27.0 Å². The van der Waals surface area contributed by atoms with Crippen LogP contribution in [0.15, 0.2) is 71.8 Å². The van der Waals surface area contributed by atoms with Gasteiger partial charge in [-0.3, -0.25) is 9.59 Å². The fourth-order valence-electron chi connectivity index (χ4n) is 2.94. The molecular formula is C25H23N3O5. The predicted molar refractivity (Wildman–Crippen MR) is 125 cm³/mol. The van der Waals surface area contributed by atoms with Crippen LogP contribution in [0.5, 0.6) is 11.5 Å². The first-order valence-corrected chi connectivity index (χ1v) is 10.0. The van der Waals surface area contributed by atoms with Gasteiger partial charge in [-0.15, -0.1) is 0 Å². The number of ether oxygens (including phenoxy) is 2. The normalized spacial score (nSPS) is 10.5. The molecule has 0 aliphatic rings. The van der Waals surface area contributed by atoms with Crippen molar-refractivity contribution in [2.24, 2.45) is 5.10 Å². The van der Waals surface area contributed by atoms with Crippen molar-refractivity contribution >= 4 is 29.7 Å². The monoisotopic (exact) mass is 445 g/mol. The summed E-state index contributed by atoms with van der Waals surface area (Å²) >= 11 is 0. The van der Waals surface area contributed by atoms with Crippen molar-refractivity contribution in [2.45, 2.75) is 13.8 Å². The molecule has 33 heavy (non-hydrogen) atoms. The van der Waals surface area contributed by atoms with E-state index in [1.807, 2.05) is 32.0 Å². The summed E-state index contributed by atoms with van der Waals surface area (Å²) in [5.41, 5.74) is 5.49. The van der Waals surface area contributed by atoms with E-state index in [0.29, 0.717) is 28.3 Å². The Labute approximate surface area is 191 Å². The second-order valence-electron chi connectivity index (χ2n) is 7.11. The van der Waals surface area contributed by atoms with E-state index in [1.165, 1.54) is 13.3 Å². The largest absolute Gasteiger partial charge is 0.497 e. The molecule has 0 fully saturated rings. The van der Waals surface area contributed by atoms with Crippen LogP contribution in [0.4, 0.5) is 5.69 Å². The molecule has 168 valence electrons. The number of nitrogens with zero attached hydrogens (tertiary/aromatic N) is 1. The first-order valence-electron chi connectivity index (χ1n) is 10.0. The minimum Gasteiger partial charge on any atom is -0.497 e.